The molecule has 124 valence electrons. The van der Waals surface area contributed by atoms with Gasteiger partial charge < -0.3 is 10.2 Å². The van der Waals surface area contributed by atoms with Gasteiger partial charge in [0.25, 0.3) is 0 Å². The van der Waals surface area contributed by atoms with Crippen molar-refractivity contribution in [3.63, 3.8) is 0 Å². The summed E-state index contributed by atoms with van der Waals surface area (Å²) in [5.41, 5.74) is 3.79. The molecule has 23 heavy (non-hydrogen) atoms. The molecule has 2 heteroatoms. The van der Waals surface area contributed by atoms with Crippen LogP contribution in [0.15, 0.2) is 22.8 Å². The second kappa shape index (κ2) is 5.23. The molecule has 0 aromatic heterocycles. The van der Waals surface area contributed by atoms with E-state index in [-0.39, 0.29) is 11.5 Å². The maximum Gasteiger partial charge on any atom is 0.131 e. The summed E-state index contributed by atoms with van der Waals surface area (Å²) >= 11 is 0. The highest BCUT2D eigenvalue weighted by molar-refractivity contribution is 5.44. The third-order valence-corrected chi connectivity index (χ3v) is 7.34. The van der Waals surface area contributed by atoms with Crippen molar-refractivity contribution in [3.05, 3.63) is 22.8 Å². The normalized spacial score (nSPS) is 45.4. The lowest BCUT2D eigenvalue weighted by atomic mass is 9.55. The standard InChI is InChI=1S/C21H28O2/c1-3-10-21(23)12-9-19-18-6-4-14-13-15(22)5-7-16(14)17(18)8-11-20(19,21)2/h13,15,18-19,22-23H,4-9,11-12H2,1-2H3/t15?,18-,19+,20+,21+/m1/s1. The van der Waals surface area contributed by atoms with E-state index in [1.54, 1.807) is 11.1 Å². The molecule has 4 rings (SSSR count). The number of hydrogen-bond donors (Lipinski definition) is 2. The number of aliphatic hydroxyl groups excluding tert-OH is 1. The average molecular weight is 312 g/mol. The van der Waals surface area contributed by atoms with E-state index in [1.807, 2.05) is 6.92 Å². The van der Waals surface area contributed by atoms with Gasteiger partial charge in [0.15, 0.2) is 0 Å². The van der Waals surface area contributed by atoms with Crippen LogP contribution in [0.5, 0.6) is 0 Å². The van der Waals surface area contributed by atoms with Gasteiger partial charge in [0.1, 0.15) is 5.60 Å². The zero-order valence-corrected chi connectivity index (χ0v) is 14.4. The number of hydrogen-bond acceptors (Lipinski definition) is 2. The van der Waals surface area contributed by atoms with Gasteiger partial charge in [-0.3, -0.25) is 0 Å². The van der Waals surface area contributed by atoms with E-state index < -0.39 is 5.60 Å². The Hall–Kier alpha value is -1.04. The summed E-state index contributed by atoms with van der Waals surface area (Å²) in [4.78, 5) is 0. The Kier molecular flexibility index (Phi) is 3.52. The largest absolute Gasteiger partial charge is 0.389 e. The fraction of sp³-hybridized carbons (Fsp3) is 0.714. The first kappa shape index (κ1) is 15.5. The first-order valence-electron chi connectivity index (χ1n) is 9.26. The van der Waals surface area contributed by atoms with Crippen molar-refractivity contribution < 1.29 is 10.2 Å². The molecule has 0 bridgehead atoms. The lowest BCUT2D eigenvalue weighted by Crippen LogP contribution is -2.49. The Morgan fingerprint density at radius 2 is 1.96 bits per heavy atom. The van der Waals surface area contributed by atoms with Gasteiger partial charge in [0.2, 0.25) is 0 Å². The Morgan fingerprint density at radius 1 is 1.13 bits per heavy atom. The fourth-order valence-electron chi connectivity index (χ4n) is 6.08. The molecule has 4 aliphatic rings. The molecule has 0 aromatic carbocycles. The highest BCUT2D eigenvalue weighted by atomic mass is 16.3. The highest BCUT2D eigenvalue weighted by Gasteiger charge is 2.60. The summed E-state index contributed by atoms with van der Waals surface area (Å²) < 4.78 is 0. The van der Waals surface area contributed by atoms with E-state index in [1.165, 1.54) is 12.0 Å². The van der Waals surface area contributed by atoms with E-state index >= 15 is 0 Å². The molecule has 4 aliphatic carbocycles. The molecule has 0 aromatic rings. The molecule has 5 atom stereocenters. The molecule has 0 heterocycles. The van der Waals surface area contributed by atoms with Crippen molar-refractivity contribution in [1.29, 1.82) is 0 Å². The molecular weight excluding hydrogens is 284 g/mol. The summed E-state index contributed by atoms with van der Waals surface area (Å²) in [6.07, 6.45) is 10.2. The molecule has 2 N–H and O–H groups in total. The Bertz CT molecular complexity index is 646. The molecular formula is C21H28O2. The van der Waals surface area contributed by atoms with Crippen molar-refractivity contribution in [2.45, 2.75) is 76.9 Å². The van der Waals surface area contributed by atoms with Crippen LogP contribution in [0.3, 0.4) is 0 Å². The number of rotatable bonds is 0. The van der Waals surface area contributed by atoms with Crippen molar-refractivity contribution in [1.82, 2.24) is 0 Å². The lowest BCUT2D eigenvalue weighted by Gasteiger charge is -2.50. The molecule has 0 radical (unpaired) electrons. The van der Waals surface area contributed by atoms with E-state index in [0.717, 1.165) is 44.9 Å². The maximum absolute atomic E-state index is 11.2. The number of fused-ring (bicyclic) bond motifs is 4. The zero-order valence-electron chi connectivity index (χ0n) is 14.4. The monoisotopic (exact) mass is 312 g/mol. The molecule has 0 saturated heterocycles. The number of aliphatic hydroxyl groups is 2. The fourth-order valence-corrected chi connectivity index (χ4v) is 6.08. The van der Waals surface area contributed by atoms with Gasteiger partial charge in [0.05, 0.1) is 6.10 Å². The van der Waals surface area contributed by atoms with Crippen LogP contribution >= 0.6 is 0 Å². The maximum atomic E-state index is 11.2. The van der Waals surface area contributed by atoms with Crippen molar-refractivity contribution in [3.8, 4) is 11.8 Å². The molecule has 2 saturated carbocycles. The Balaban J connectivity index is 1.73. The van der Waals surface area contributed by atoms with Crippen LogP contribution in [0.1, 0.15) is 65.2 Å². The zero-order chi connectivity index (χ0) is 16.2. The minimum atomic E-state index is -0.790. The van der Waals surface area contributed by atoms with Gasteiger partial charge >= 0.3 is 0 Å². The third-order valence-electron chi connectivity index (χ3n) is 7.34. The Labute approximate surface area is 139 Å². The van der Waals surface area contributed by atoms with Gasteiger partial charge in [-0.15, -0.1) is 5.92 Å². The van der Waals surface area contributed by atoms with Crippen LogP contribution in [0.4, 0.5) is 0 Å². The van der Waals surface area contributed by atoms with E-state index in [9.17, 15) is 10.2 Å². The first-order valence-corrected chi connectivity index (χ1v) is 9.26. The molecule has 0 aliphatic heterocycles. The van der Waals surface area contributed by atoms with Crippen LogP contribution in [-0.4, -0.2) is 21.9 Å². The summed E-state index contributed by atoms with van der Waals surface area (Å²) in [7, 11) is 0. The predicted molar refractivity (Wildman–Crippen MR) is 91.5 cm³/mol. The van der Waals surface area contributed by atoms with Crippen LogP contribution in [-0.2, 0) is 0 Å². The van der Waals surface area contributed by atoms with Crippen LogP contribution in [0.25, 0.3) is 0 Å². The summed E-state index contributed by atoms with van der Waals surface area (Å²) in [6.45, 7) is 4.13. The van der Waals surface area contributed by atoms with Gasteiger partial charge in [-0.05, 0) is 81.3 Å². The van der Waals surface area contributed by atoms with Crippen molar-refractivity contribution in [2.24, 2.45) is 17.3 Å². The summed E-state index contributed by atoms with van der Waals surface area (Å²) in [5.74, 6) is 7.34. The minimum Gasteiger partial charge on any atom is -0.389 e. The third kappa shape index (κ3) is 2.10. The predicted octanol–water partition coefficient (Wildman–Crippen LogP) is 3.74. The lowest BCUT2D eigenvalue weighted by molar-refractivity contribution is -0.0467. The number of allylic oxidation sites excluding steroid dienone is 3. The van der Waals surface area contributed by atoms with E-state index in [4.69, 9.17) is 0 Å². The molecule has 0 amide bonds. The smallest absolute Gasteiger partial charge is 0.131 e. The molecule has 1 unspecified atom stereocenters. The van der Waals surface area contributed by atoms with E-state index in [0.29, 0.717) is 11.8 Å². The summed E-state index contributed by atoms with van der Waals surface area (Å²) in [6, 6.07) is 0. The van der Waals surface area contributed by atoms with Crippen molar-refractivity contribution in [2.75, 3.05) is 0 Å². The van der Waals surface area contributed by atoms with Crippen LogP contribution in [0.2, 0.25) is 0 Å². The van der Waals surface area contributed by atoms with Gasteiger partial charge in [0, 0.05) is 5.41 Å². The second-order valence-electron chi connectivity index (χ2n) is 8.24. The van der Waals surface area contributed by atoms with Gasteiger partial charge in [-0.25, -0.2) is 0 Å². The minimum absolute atomic E-state index is 0.0554. The first-order chi connectivity index (χ1) is 11.0. The van der Waals surface area contributed by atoms with Crippen molar-refractivity contribution >= 4 is 0 Å². The quantitative estimate of drug-likeness (QED) is 0.669. The topological polar surface area (TPSA) is 40.5 Å². The molecule has 0 spiro atoms. The van der Waals surface area contributed by atoms with Crippen LogP contribution < -0.4 is 0 Å². The molecule has 2 nitrogen and oxygen atoms in total. The van der Waals surface area contributed by atoms with E-state index in [2.05, 4.69) is 24.8 Å². The SMILES string of the molecule is CC#C[C@]1(O)CC[C@H]2[C@@H]3CCC4=CC(O)CCC4=C3CC[C@@]21C. The molecule has 2 fully saturated rings. The highest BCUT2D eigenvalue weighted by Crippen LogP contribution is 2.63. The summed E-state index contributed by atoms with van der Waals surface area (Å²) in [5, 5.41) is 21.1. The Morgan fingerprint density at radius 3 is 2.74 bits per heavy atom. The van der Waals surface area contributed by atoms with Gasteiger partial charge in [-0.2, -0.15) is 0 Å². The van der Waals surface area contributed by atoms with Gasteiger partial charge in [-0.1, -0.05) is 24.5 Å². The average Bonchev–Trinajstić information content (AvgIpc) is 2.79. The second-order valence-corrected chi connectivity index (χ2v) is 8.24. The van der Waals surface area contributed by atoms with Crippen LogP contribution in [0, 0.1) is 29.1 Å².